The summed E-state index contributed by atoms with van der Waals surface area (Å²) in [6.45, 7) is 0. The Bertz CT molecular complexity index is 766. The van der Waals surface area contributed by atoms with E-state index in [2.05, 4.69) is 10.4 Å². The van der Waals surface area contributed by atoms with E-state index in [1.165, 1.54) is 18.3 Å². The first kappa shape index (κ1) is 14.0. The molecule has 106 valence electrons. The third-order valence-corrected chi connectivity index (χ3v) is 3.44. The molecule has 0 saturated heterocycles. The molecule has 1 heterocycles. The number of carboxylic acids is 1. The molecule has 0 amide bonds. The minimum atomic E-state index is -3.95. The second kappa shape index (κ2) is 4.94. The van der Waals surface area contributed by atoms with Crippen molar-refractivity contribution < 1.29 is 18.3 Å². The summed E-state index contributed by atoms with van der Waals surface area (Å²) in [5, 5.41) is 20.9. The summed E-state index contributed by atoms with van der Waals surface area (Å²) in [4.78, 5) is 10.9. The van der Waals surface area contributed by atoms with Crippen LogP contribution in [0.4, 0.5) is 11.4 Å². The van der Waals surface area contributed by atoms with Gasteiger partial charge >= 0.3 is 5.97 Å². The number of nitrogens with two attached hydrogens (primary N) is 1. The van der Waals surface area contributed by atoms with Crippen LogP contribution >= 0.6 is 0 Å². The van der Waals surface area contributed by atoms with Crippen LogP contribution in [0.2, 0.25) is 0 Å². The molecule has 1 aromatic heterocycles. The molecule has 0 spiro atoms. The van der Waals surface area contributed by atoms with E-state index in [0.29, 0.717) is 5.69 Å². The zero-order valence-electron chi connectivity index (χ0n) is 10.4. The first-order valence-corrected chi connectivity index (χ1v) is 6.98. The maximum atomic E-state index is 11.2. The van der Waals surface area contributed by atoms with E-state index in [0.717, 1.165) is 6.07 Å². The third-order valence-electron chi connectivity index (χ3n) is 2.53. The maximum Gasteiger partial charge on any atom is 0.337 e. The van der Waals surface area contributed by atoms with Crippen LogP contribution in [0.25, 0.3) is 0 Å². The lowest BCUT2D eigenvalue weighted by molar-refractivity contribution is 0.0697. The molecule has 0 aliphatic carbocycles. The van der Waals surface area contributed by atoms with Crippen LogP contribution in [-0.2, 0) is 17.1 Å². The summed E-state index contributed by atoms with van der Waals surface area (Å²) in [5.74, 6) is -1.26. The Kier molecular flexibility index (Phi) is 3.47. The van der Waals surface area contributed by atoms with E-state index >= 15 is 0 Å². The second-order valence-electron chi connectivity index (χ2n) is 4.09. The van der Waals surface area contributed by atoms with Gasteiger partial charge in [0.05, 0.1) is 28.0 Å². The Hall–Kier alpha value is -2.39. The number of benzene rings is 1. The van der Waals surface area contributed by atoms with Gasteiger partial charge in [-0.15, -0.1) is 0 Å². The highest BCUT2D eigenvalue weighted by atomic mass is 32.2. The van der Waals surface area contributed by atoms with Crippen molar-refractivity contribution in [3.05, 3.63) is 36.2 Å². The van der Waals surface area contributed by atoms with Gasteiger partial charge < -0.3 is 10.4 Å². The molecule has 9 heteroatoms. The molecule has 2 aromatic rings. The van der Waals surface area contributed by atoms with Crippen molar-refractivity contribution in [3.63, 3.8) is 0 Å². The lowest BCUT2D eigenvalue weighted by Gasteiger charge is -2.09. The van der Waals surface area contributed by atoms with Crippen LogP contribution in [0.5, 0.6) is 0 Å². The first-order chi connectivity index (χ1) is 9.27. The maximum absolute atomic E-state index is 11.2. The summed E-state index contributed by atoms with van der Waals surface area (Å²) in [6.07, 6.45) is 3.17. The monoisotopic (exact) mass is 296 g/mol. The Balaban J connectivity index is 2.45. The molecular weight excluding hydrogens is 284 g/mol. The number of primary sulfonamides is 1. The minimum absolute atomic E-state index is 0.194. The number of carbonyl (C=O) groups is 1. The fourth-order valence-electron chi connectivity index (χ4n) is 1.63. The van der Waals surface area contributed by atoms with Gasteiger partial charge in [0, 0.05) is 13.2 Å². The lowest BCUT2D eigenvalue weighted by Crippen LogP contribution is -2.13. The highest BCUT2D eigenvalue weighted by Crippen LogP contribution is 2.23. The largest absolute Gasteiger partial charge is 0.478 e. The predicted octanol–water partition coefficient (Wildman–Crippen LogP) is 0.509. The van der Waals surface area contributed by atoms with E-state index in [9.17, 15) is 13.2 Å². The number of aryl methyl sites for hydroxylation is 1. The van der Waals surface area contributed by atoms with Crippen LogP contribution in [0.15, 0.2) is 35.5 Å². The zero-order valence-corrected chi connectivity index (χ0v) is 11.3. The molecule has 0 aliphatic rings. The van der Waals surface area contributed by atoms with Crippen molar-refractivity contribution in [2.45, 2.75) is 4.90 Å². The van der Waals surface area contributed by atoms with Gasteiger partial charge in [-0.05, 0) is 18.2 Å². The van der Waals surface area contributed by atoms with Gasteiger partial charge in [-0.3, -0.25) is 4.68 Å². The zero-order chi connectivity index (χ0) is 14.9. The molecule has 20 heavy (non-hydrogen) atoms. The predicted molar refractivity (Wildman–Crippen MR) is 71.3 cm³/mol. The highest BCUT2D eigenvalue weighted by Gasteiger charge is 2.16. The summed E-state index contributed by atoms with van der Waals surface area (Å²) in [7, 11) is -2.24. The Labute approximate surface area is 114 Å². The number of hydrogen-bond donors (Lipinski definition) is 3. The third kappa shape index (κ3) is 2.95. The van der Waals surface area contributed by atoms with E-state index < -0.39 is 16.0 Å². The Morgan fingerprint density at radius 2 is 2.15 bits per heavy atom. The number of nitrogens with one attached hydrogen (secondary N) is 1. The number of nitrogens with zero attached hydrogens (tertiary/aromatic N) is 2. The van der Waals surface area contributed by atoms with Crippen LogP contribution in [0.1, 0.15) is 10.4 Å². The fraction of sp³-hybridized carbons (Fsp3) is 0.0909. The quantitative estimate of drug-likeness (QED) is 0.754. The van der Waals surface area contributed by atoms with Gasteiger partial charge in [0.25, 0.3) is 0 Å². The molecule has 4 N–H and O–H groups in total. The summed E-state index contributed by atoms with van der Waals surface area (Å²) >= 11 is 0. The molecule has 8 nitrogen and oxygen atoms in total. The number of carboxylic acid groups (broad SMARTS) is 1. The SMILES string of the molecule is Cn1cc(Nc2ccc(S(N)(=O)=O)cc2C(=O)O)cn1. The number of aromatic nitrogens is 2. The average molecular weight is 296 g/mol. The van der Waals surface area contributed by atoms with E-state index in [4.69, 9.17) is 10.2 Å². The molecule has 0 radical (unpaired) electrons. The number of rotatable bonds is 4. The standard InChI is InChI=1S/C11H12N4O4S/c1-15-6-7(5-13-15)14-10-3-2-8(20(12,18)19)4-9(10)11(16)17/h2-6,14H,1H3,(H,16,17)(H2,12,18,19). The van der Waals surface area contributed by atoms with E-state index in [1.807, 2.05) is 0 Å². The Morgan fingerprint density at radius 1 is 1.45 bits per heavy atom. The lowest BCUT2D eigenvalue weighted by atomic mass is 10.2. The molecule has 0 fully saturated rings. The second-order valence-corrected chi connectivity index (χ2v) is 5.65. The number of hydrogen-bond acceptors (Lipinski definition) is 5. The fourth-order valence-corrected chi connectivity index (χ4v) is 2.17. The number of sulfonamides is 1. The molecule has 0 saturated carbocycles. The van der Waals surface area contributed by atoms with Gasteiger partial charge in [-0.2, -0.15) is 5.10 Å². The van der Waals surface area contributed by atoms with Crippen molar-refractivity contribution in [1.82, 2.24) is 9.78 Å². The Morgan fingerprint density at radius 3 is 2.65 bits per heavy atom. The first-order valence-electron chi connectivity index (χ1n) is 5.43. The van der Waals surface area contributed by atoms with Crippen molar-refractivity contribution in [2.24, 2.45) is 12.2 Å². The molecule has 2 rings (SSSR count). The molecule has 0 unspecified atom stereocenters. The molecule has 0 bridgehead atoms. The summed E-state index contributed by atoms with van der Waals surface area (Å²) in [6, 6.07) is 3.59. The molecule has 0 aliphatic heterocycles. The van der Waals surface area contributed by atoms with E-state index in [1.54, 1.807) is 17.9 Å². The normalized spacial score (nSPS) is 11.3. The van der Waals surface area contributed by atoms with Crippen LogP contribution in [0.3, 0.4) is 0 Å². The highest BCUT2D eigenvalue weighted by molar-refractivity contribution is 7.89. The number of aromatic carboxylic acids is 1. The van der Waals surface area contributed by atoms with Crippen LogP contribution < -0.4 is 10.5 Å². The topological polar surface area (TPSA) is 127 Å². The van der Waals surface area contributed by atoms with Crippen LogP contribution in [0, 0.1) is 0 Å². The smallest absolute Gasteiger partial charge is 0.337 e. The molecule has 1 aromatic carbocycles. The van der Waals surface area contributed by atoms with Gasteiger partial charge in [-0.25, -0.2) is 18.4 Å². The minimum Gasteiger partial charge on any atom is -0.478 e. The molecular formula is C11H12N4O4S. The van der Waals surface area contributed by atoms with E-state index in [-0.39, 0.29) is 16.1 Å². The van der Waals surface area contributed by atoms with Gasteiger partial charge in [0.2, 0.25) is 10.0 Å². The summed E-state index contributed by atoms with van der Waals surface area (Å²) in [5.41, 5.74) is 0.636. The number of anilines is 2. The van der Waals surface area contributed by atoms with Gasteiger partial charge in [0.1, 0.15) is 0 Å². The molecule has 0 atom stereocenters. The average Bonchev–Trinajstić information content (AvgIpc) is 2.73. The van der Waals surface area contributed by atoms with Crippen molar-refractivity contribution in [1.29, 1.82) is 0 Å². The van der Waals surface area contributed by atoms with Crippen molar-refractivity contribution >= 4 is 27.4 Å². The summed E-state index contributed by atoms with van der Waals surface area (Å²) < 4.78 is 24.0. The van der Waals surface area contributed by atoms with Crippen molar-refractivity contribution in [2.75, 3.05) is 5.32 Å². The van der Waals surface area contributed by atoms with Crippen molar-refractivity contribution in [3.8, 4) is 0 Å². The van der Waals surface area contributed by atoms with Gasteiger partial charge in [-0.1, -0.05) is 0 Å². The van der Waals surface area contributed by atoms with Gasteiger partial charge in [0.15, 0.2) is 0 Å². The van der Waals surface area contributed by atoms with Crippen LogP contribution in [-0.4, -0.2) is 29.3 Å².